The molecular formula is C33H37N5O4. The third-order valence-corrected chi connectivity index (χ3v) is 8.26. The topological polar surface area (TPSA) is 117 Å². The number of aryl methyl sites for hydroxylation is 3. The lowest BCUT2D eigenvalue weighted by molar-refractivity contribution is 0.0546. The van der Waals surface area contributed by atoms with Gasteiger partial charge in [0.05, 0.1) is 35.6 Å². The summed E-state index contributed by atoms with van der Waals surface area (Å²) >= 11 is 0. The molecule has 1 aliphatic rings. The Morgan fingerprint density at radius 1 is 1.07 bits per heavy atom. The van der Waals surface area contributed by atoms with Crippen molar-refractivity contribution in [2.75, 3.05) is 20.2 Å². The molecule has 218 valence electrons. The number of aromatic amines is 1. The highest BCUT2D eigenvalue weighted by Crippen LogP contribution is 2.42. The van der Waals surface area contributed by atoms with E-state index in [1.807, 2.05) is 49.9 Å². The molecule has 5 aromatic rings. The lowest BCUT2D eigenvalue weighted by atomic mass is 9.84. The second-order valence-electron chi connectivity index (χ2n) is 12.3. The van der Waals surface area contributed by atoms with Gasteiger partial charge < -0.3 is 24.3 Å². The van der Waals surface area contributed by atoms with Crippen LogP contribution in [0.1, 0.15) is 66.8 Å². The summed E-state index contributed by atoms with van der Waals surface area (Å²) in [6, 6.07) is 10.1. The van der Waals surface area contributed by atoms with E-state index in [-0.39, 0.29) is 17.4 Å². The van der Waals surface area contributed by atoms with E-state index in [1.54, 1.807) is 7.11 Å². The maximum absolute atomic E-state index is 13.7. The zero-order valence-corrected chi connectivity index (χ0v) is 25.3. The Bertz CT molecular complexity index is 1820. The number of methoxy groups -OCH3 is 1. The van der Waals surface area contributed by atoms with Crippen molar-refractivity contribution in [3.05, 3.63) is 58.7 Å². The second-order valence-corrected chi connectivity index (χ2v) is 12.3. The summed E-state index contributed by atoms with van der Waals surface area (Å²) < 4.78 is 11.3. The fourth-order valence-corrected chi connectivity index (χ4v) is 5.95. The van der Waals surface area contributed by atoms with Gasteiger partial charge in [0, 0.05) is 40.7 Å². The summed E-state index contributed by atoms with van der Waals surface area (Å²) in [6.45, 7) is 13.2. The maximum atomic E-state index is 13.7. The Morgan fingerprint density at radius 3 is 2.45 bits per heavy atom. The number of aliphatic hydroxyl groups excluding tert-OH is 1. The van der Waals surface area contributed by atoms with Crippen molar-refractivity contribution in [2.24, 2.45) is 0 Å². The Kier molecular flexibility index (Phi) is 6.80. The number of hydrogen-bond acceptors (Lipinski definition) is 7. The number of fused-ring (bicyclic) bond motifs is 3. The van der Waals surface area contributed by atoms with Crippen LogP contribution in [0.4, 0.5) is 0 Å². The number of benzene rings is 2. The van der Waals surface area contributed by atoms with Gasteiger partial charge in [0.25, 0.3) is 5.91 Å². The van der Waals surface area contributed by atoms with E-state index in [0.717, 1.165) is 55.7 Å². The maximum Gasteiger partial charge on any atom is 0.253 e. The summed E-state index contributed by atoms with van der Waals surface area (Å²) in [4.78, 5) is 28.8. The molecule has 1 saturated heterocycles. The van der Waals surface area contributed by atoms with Crippen molar-refractivity contribution in [1.82, 2.24) is 25.0 Å². The van der Waals surface area contributed by atoms with Crippen LogP contribution in [0.2, 0.25) is 0 Å². The lowest BCUT2D eigenvalue weighted by Gasteiger charge is -2.30. The SMILES string of the molecule is COc1cc2c(cc1-c1c(C)noc1C)[nH]c1nc(C)nc(-c3cc(C(=O)N4CCC(O)CC4)cc(C(C)(C)C)c3)c12. The number of nitrogens with zero attached hydrogens (tertiary/aromatic N) is 4. The van der Waals surface area contributed by atoms with Crippen LogP contribution in [0, 0.1) is 20.8 Å². The first-order chi connectivity index (χ1) is 19.9. The third kappa shape index (κ3) is 4.81. The number of aliphatic hydroxyl groups is 1. The van der Waals surface area contributed by atoms with Gasteiger partial charge in [-0.2, -0.15) is 0 Å². The number of nitrogens with one attached hydrogen (secondary N) is 1. The van der Waals surface area contributed by atoms with Crippen LogP contribution < -0.4 is 4.74 Å². The molecule has 9 heteroatoms. The average molecular weight is 568 g/mol. The first-order valence-electron chi connectivity index (χ1n) is 14.4. The molecule has 1 amide bonds. The van der Waals surface area contributed by atoms with E-state index in [4.69, 9.17) is 19.2 Å². The molecule has 1 aliphatic heterocycles. The molecular weight excluding hydrogens is 530 g/mol. The minimum absolute atomic E-state index is 0.0269. The van der Waals surface area contributed by atoms with E-state index in [9.17, 15) is 9.90 Å². The smallest absolute Gasteiger partial charge is 0.253 e. The summed E-state index contributed by atoms with van der Waals surface area (Å²) in [7, 11) is 1.66. The highest BCUT2D eigenvalue weighted by molar-refractivity contribution is 6.14. The summed E-state index contributed by atoms with van der Waals surface area (Å²) in [6.07, 6.45) is 0.840. The largest absolute Gasteiger partial charge is 0.496 e. The molecule has 1 fully saturated rings. The van der Waals surface area contributed by atoms with E-state index in [1.165, 1.54) is 0 Å². The van der Waals surface area contributed by atoms with Gasteiger partial charge in [-0.1, -0.05) is 25.9 Å². The van der Waals surface area contributed by atoms with Gasteiger partial charge in [-0.05, 0) is 74.9 Å². The number of carbonyl (C=O) groups excluding carboxylic acids is 1. The predicted molar refractivity (Wildman–Crippen MR) is 163 cm³/mol. The van der Waals surface area contributed by atoms with Crippen molar-refractivity contribution in [3.8, 4) is 28.1 Å². The molecule has 0 unspecified atom stereocenters. The van der Waals surface area contributed by atoms with Crippen LogP contribution in [-0.2, 0) is 5.41 Å². The summed E-state index contributed by atoms with van der Waals surface area (Å²) in [5.41, 5.74) is 7.25. The molecule has 0 radical (unpaired) electrons. The van der Waals surface area contributed by atoms with Crippen molar-refractivity contribution in [2.45, 2.75) is 65.9 Å². The van der Waals surface area contributed by atoms with Crippen LogP contribution in [0.25, 0.3) is 44.3 Å². The molecule has 0 atom stereocenters. The van der Waals surface area contributed by atoms with Crippen LogP contribution in [0.5, 0.6) is 5.75 Å². The van der Waals surface area contributed by atoms with Crippen molar-refractivity contribution >= 4 is 27.8 Å². The molecule has 42 heavy (non-hydrogen) atoms. The first-order valence-corrected chi connectivity index (χ1v) is 14.4. The van der Waals surface area contributed by atoms with Gasteiger partial charge >= 0.3 is 0 Å². The molecule has 0 spiro atoms. The number of hydrogen-bond donors (Lipinski definition) is 2. The highest BCUT2D eigenvalue weighted by Gasteiger charge is 2.26. The number of amides is 1. The lowest BCUT2D eigenvalue weighted by Crippen LogP contribution is -2.40. The molecule has 4 heterocycles. The number of H-pyrrole nitrogens is 1. The molecule has 2 aromatic carbocycles. The van der Waals surface area contributed by atoms with Gasteiger partial charge in [-0.3, -0.25) is 4.79 Å². The zero-order valence-electron chi connectivity index (χ0n) is 25.3. The van der Waals surface area contributed by atoms with Crippen LogP contribution in [-0.4, -0.2) is 62.3 Å². The number of aromatic nitrogens is 4. The van der Waals surface area contributed by atoms with Gasteiger partial charge in [-0.15, -0.1) is 0 Å². The van der Waals surface area contributed by atoms with E-state index < -0.39 is 0 Å². The first kappa shape index (κ1) is 27.9. The van der Waals surface area contributed by atoms with E-state index >= 15 is 0 Å². The minimum Gasteiger partial charge on any atom is -0.496 e. The van der Waals surface area contributed by atoms with Crippen LogP contribution in [0.3, 0.4) is 0 Å². The normalized spacial score (nSPS) is 14.7. The Labute approximate surface area is 244 Å². The molecule has 9 nitrogen and oxygen atoms in total. The molecule has 0 aliphatic carbocycles. The fourth-order valence-electron chi connectivity index (χ4n) is 5.95. The quantitative estimate of drug-likeness (QED) is 0.263. The molecule has 0 bridgehead atoms. The summed E-state index contributed by atoms with van der Waals surface area (Å²) in [5, 5.41) is 15.9. The number of rotatable bonds is 4. The highest BCUT2D eigenvalue weighted by atomic mass is 16.5. The van der Waals surface area contributed by atoms with Gasteiger partial charge in [0.1, 0.15) is 23.0 Å². The van der Waals surface area contributed by atoms with E-state index in [0.29, 0.717) is 48.7 Å². The Morgan fingerprint density at radius 2 is 1.81 bits per heavy atom. The average Bonchev–Trinajstić information content (AvgIpc) is 3.48. The van der Waals surface area contributed by atoms with Crippen molar-refractivity contribution in [1.29, 1.82) is 0 Å². The fraction of sp³-hybridized carbons (Fsp3) is 0.394. The van der Waals surface area contributed by atoms with Crippen LogP contribution >= 0.6 is 0 Å². The number of piperidine rings is 1. The van der Waals surface area contributed by atoms with E-state index in [2.05, 4.69) is 37.0 Å². The van der Waals surface area contributed by atoms with Gasteiger partial charge in [0.2, 0.25) is 0 Å². The Balaban J connectivity index is 1.57. The third-order valence-electron chi connectivity index (χ3n) is 8.26. The van der Waals surface area contributed by atoms with Crippen molar-refractivity contribution < 1.29 is 19.2 Å². The van der Waals surface area contributed by atoms with Gasteiger partial charge in [0.15, 0.2) is 0 Å². The number of ether oxygens (including phenoxy) is 1. The molecule has 0 saturated carbocycles. The van der Waals surface area contributed by atoms with Crippen molar-refractivity contribution in [3.63, 3.8) is 0 Å². The number of likely N-dealkylation sites (tertiary alicyclic amines) is 1. The molecule has 2 N–H and O–H groups in total. The Hall–Kier alpha value is -4.24. The monoisotopic (exact) mass is 567 g/mol. The molecule has 6 rings (SSSR count). The second kappa shape index (κ2) is 10.2. The number of carbonyl (C=O) groups is 1. The van der Waals surface area contributed by atoms with Gasteiger partial charge in [-0.25, -0.2) is 9.97 Å². The minimum atomic E-state index is -0.347. The standard InChI is InChI=1S/C33H37N5O4/c1-17-28(18(2)42-37-17)25-15-26-24(16-27(25)41-7)29-30(34-19(3)35-31(29)36-26)20-12-21(14-22(13-20)33(4,5)6)32(40)38-10-8-23(39)9-11-38/h12-16,23,39H,8-11H2,1-7H3,(H,34,35,36). The summed E-state index contributed by atoms with van der Waals surface area (Å²) in [5.74, 6) is 2.01. The predicted octanol–water partition coefficient (Wildman–Crippen LogP) is 6.26. The van der Waals surface area contributed by atoms with Crippen LogP contribution in [0.15, 0.2) is 34.9 Å². The zero-order chi connectivity index (χ0) is 29.9. The molecule has 3 aromatic heterocycles.